The molecule has 256 valence electrons. The van der Waals surface area contributed by atoms with Gasteiger partial charge in [-0.1, -0.05) is 146 Å². The summed E-state index contributed by atoms with van der Waals surface area (Å²) in [4.78, 5) is 9.55. The van der Waals surface area contributed by atoms with Crippen molar-refractivity contribution in [2.24, 2.45) is 4.99 Å². The summed E-state index contributed by atoms with van der Waals surface area (Å²) in [5, 5.41) is 0. The average Bonchev–Trinajstić information content (AvgIpc) is 3.21. The van der Waals surface area contributed by atoms with E-state index in [0.717, 1.165) is 79.1 Å². The van der Waals surface area contributed by atoms with Gasteiger partial charge in [0.25, 0.3) is 0 Å². The van der Waals surface area contributed by atoms with E-state index in [4.69, 9.17) is 10.7 Å². The Balaban J connectivity index is 1.29. The first-order chi connectivity index (χ1) is 26.0. The molecule has 0 saturated heterocycles. The Morgan fingerprint density at radius 3 is 1.98 bits per heavy atom. The number of hydrogen-bond donors (Lipinski definition) is 1. The van der Waals surface area contributed by atoms with E-state index in [1.54, 1.807) is 0 Å². The number of aryl methyl sites for hydroxylation is 1. The van der Waals surface area contributed by atoms with Crippen molar-refractivity contribution in [2.45, 2.75) is 13.3 Å². The SMILES string of the molecule is C=C/C=C\C(=C/Cc1cccc(C)c1)c1cccc(-c2cc(-c3ccccc3)cc(-c3cccc(-c4cccc(-c5cc(N)ccc5N=C)c4)c3)n2)c1. The van der Waals surface area contributed by atoms with Gasteiger partial charge in [-0.3, -0.25) is 4.99 Å². The molecule has 0 radical (unpaired) electrons. The molecule has 1 heterocycles. The van der Waals surface area contributed by atoms with Gasteiger partial charge in [-0.25, -0.2) is 4.98 Å². The molecule has 53 heavy (non-hydrogen) atoms. The van der Waals surface area contributed by atoms with E-state index >= 15 is 0 Å². The molecule has 0 aliphatic heterocycles. The molecule has 0 amide bonds. The summed E-state index contributed by atoms with van der Waals surface area (Å²) in [6.45, 7) is 9.82. The van der Waals surface area contributed by atoms with Crippen LogP contribution in [0.3, 0.4) is 0 Å². The maximum absolute atomic E-state index is 6.17. The molecule has 1 aromatic heterocycles. The third-order valence-electron chi connectivity index (χ3n) is 9.33. The van der Waals surface area contributed by atoms with E-state index < -0.39 is 0 Å². The van der Waals surface area contributed by atoms with E-state index in [9.17, 15) is 0 Å². The molecule has 0 aliphatic carbocycles. The van der Waals surface area contributed by atoms with Crippen molar-refractivity contribution in [3.05, 3.63) is 205 Å². The molecule has 0 aliphatic rings. The third-order valence-corrected chi connectivity index (χ3v) is 9.33. The molecule has 0 saturated carbocycles. The molecular formula is C50H41N3. The van der Waals surface area contributed by atoms with Gasteiger partial charge in [0, 0.05) is 22.4 Å². The van der Waals surface area contributed by atoms with Gasteiger partial charge in [0.05, 0.1) is 17.1 Å². The van der Waals surface area contributed by atoms with Gasteiger partial charge in [-0.15, -0.1) is 0 Å². The standard InChI is InChI=1S/C50H41N3/c1-4-5-15-38(25-24-36-14-9-13-35(2)28-36)39-18-11-22-43(30-39)49-32-45(37-16-7-6-8-17-37)33-50(53-49)44-23-12-20-41(31-44)40-19-10-21-42(29-40)47-34-46(51)26-27-48(47)52-3/h4-23,25-34H,1,3,24,51H2,2H3/b15-5-,38-25+. The van der Waals surface area contributed by atoms with E-state index in [1.165, 1.54) is 11.1 Å². The van der Waals surface area contributed by atoms with Crippen LogP contribution in [0.25, 0.3) is 61.5 Å². The van der Waals surface area contributed by atoms with Gasteiger partial charge in [0.1, 0.15) is 0 Å². The van der Waals surface area contributed by atoms with E-state index in [-0.39, 0.29) is 0 Å². The Morgan fingerprint density at radius 1 is 0.623 bits per heavy atom. The molecule has 0 bridgehead atoms. The highest BCUT2D eigenvalue weighted by Gasteiger charge is 2.12. The van der Waals surface area contributed by atoms with Gasteiger partial charge in [0.2, 0.25) is 0 Å². The van der Waals surface area contributed by atoms with Crippen LogP contribution in [0.2, 0.25) is 0 Å². The largest absolute Gasteiger partial charge is 0.399 e. The van der Waals surface area contributed by atoms with Crippen LogP contribution in [-0.4, -0.2) is 11.7 Å². The van der Waals surface area contributed by atoms with Gasteiger partial charge >= 0.3 is 0 Å². The summed E-state index contributed by atoms with van der Waals surface area (Å²) in [6.07, 6.45) is 9.06. The fraction of sp³-hybridized carbons (Fsp3) is 0.0400. The Morgan fingerprint density at radius 2 is 1.26 bits per heavy atom. The van der Waals surface area contributed by atoms with Crippen molar-refractivity contribution < 1.29 is 0 Å². The highest BCUT2D eigenvalue weighted by Crippen LogP contribution is 2.36. The first kappa shape index (κ1) is 34.6. The first-order valence-corrected chi connectivity index (χ1v) is 17.8. The number of pyridine rings is 1. The minimum atomic E-state index is 0.688. The number of allylic oxidation sites excluding steroid dienone is 5. The number of nitrogens with two attached hydrogens (primary N) is 1. The van der Waals surface area contributed by atoms with Crippen LogP contribution >= 0.6 is 0 Å². The van der Waals surface area contributed by atoms with Crippen LogP contribution < -0.4 is 5.73 Å². The van der Waals surface area contributed by atoms with Gasteiger partial charge in [0.15, 0.2) is 0 Å². The Kier molecular flexibility index (Phi) is 10.5. The Hall–Kier alpha value is -6.84. The van der Waals surface area contributed by atoms with Crippen molar-refractivity contribution in [1.29, 1.82) is 0 Å². The fourth-order valence-electron chi connectivity index (χ4n) is 6.65. The van der Waals surface area contributed by atoms with Crippen molar-refractivity contribution in [1.82, 2.24) is 4.98 Å². The normalized spacial score (nSPS) is 11.5. The highest BCUT2D eigenvalue weighted by atomic mass is 14.7. The summed E-state index contributed by atoms with van der Waals surface area (Å²) in [6, 6.07) is 55.0. The lowest BCUT2D eigenvalue weighted by Gasteiger charge is -2.13. The predicted octanol–water partition coefficient (Wildman–Crippen LogP) is 13.0. The lowest BCUT2D eigenvalue weighted by atomic mass is 9.95. The smallest absolute Gasteiger partial charge is 0.0715 e. The molecule has 0 fully saturated rings. The Labute approximate surface area is 312 Å². The average molecular weight is 684 g/mol. The number of nitrogens with zero attached hydrogens (tertiary/aromatic N) is 2. The predicted molar refractivity (Wildman–Crippen MR) is 227 cm³/mol. The van der Waals surface area contributed by atoms with Crippen LogP contribution in [0.15, 0.2) is 194 Å². The lowest BCUT2D eigenvalue weighted by molar-refractivity contribution is 1.25. The summed E-state index contributed by atoms with van der Waals surface area (Å²) < 4.78 is 0. The maximum atomic E-state index is 6.17. The topological polar surface area (TPSA) is 51.3 Å². The lowest BCUT2D eigenvalue weighted by Crippen LogP contribution is -1.93. The summed E-state index contributed by atoms with van der Waals surface area (Å²) in [7, 11) is 0. The number of benzene rings is 6. The number of aromatic nitrogens is 1. The molecule has 2 N–H and O–H groups in total. The van der Waals surface area contributed by atoms with Crippen molar-refractivity contribution in [3.63, 3.8) is 0 Å². The van der Waals surface area contributed by atoms with Gasteiger partial charge in [-0.2, -0.15) is 0 Å². The van der Waals surface area contributed by atoms with Gasteiger partial charge in [-0.05, 0) is 113 Å². The van der Waals surface area contributed by atoms with Gasteiger partial charge < -0.3 is 5.73 Å². The van der Waals surface area contributed by atoms with Crippen molar-refractivity contribution in [3.8, 4) is 55.9 Å². The number of anilines is 1. The zero-order chi connectivity index (χ0) is 36.6. The number of rotatable bonds is 11. The zero-order valence-electron chi connectivity index (χ0n) is 29.9. The maximum Gasteiger partial charge on any atom is 0.0715 e. The zero-order valence-corrected chi connectivity index (χ0v) is 29.9. The minimum absolute atomic E-state index is 0.688. The van der Waals surface area contributed by atoms with Crippen LogP contribution in [-0.2, 0) is 6.42 Å². The fourth-order valence-corrected chi connectivity index (χ4v) is 6.65. The van der Waals surface area contributed by atoms with Crippen molar-refractivity contribution >= 4 is 23.7 Å². The van der Waals surface area contributed by atoms with E-state index in [1.807, 2.05) is 36.4 Å². The molecular weight excluding hydrogens is 643 g/mol. The van der Waals surface area contributed by atoms with Crippen LogP contribution in [0.1, 0.15) is 16.7 Å². The van der Waals surface area contributed by atoms with E-state index in [2.05, 4.69) is 171 Å². The second kappa shape index (κ2) is 16.0. The molecule has 0 spiro atoms. The molecule has 3 nitrogen and oxygen atoms in total. The Bertz CT molecular complexity index is 2490. The first-order valence-electron chi connectivity index (χ1n) is 17.8. The molecule has 7 rings (SSSR count). The quantitative estimate of drug-likeness (QED) is 0.0838. The van der Waals surface area contributed by atoms with Crippen LogP contribution in [0.5, 0.6) is 0 Å². The van der Waals surface area contributed by atoms with Crippen LogP contribution in [0, 0.1) is 6.92 Å². The van der Waals surface area contributed by atoms with E-state index in [0.29, 0.717) is 5.69 Å². The van der Waals surface area contributed by atoms with Crippen LogP contribution in [0.4, 0.5) is 11.4 Å². The second-order valence-corrected chi connectivity index (χ2v) is 13.1. The number of aliphatic imine (C=N–C) groups is 1. The molecule has 0 atom stereocenters. The molecule has 0 unspecified atom stereocenters. The van der Waals surface area contributed by atoms with Crippen molar-refractivity contribution in [2.75, 3.05) is 5.73 Å². The number of hydrogen-bond acceptors (Lipinski definition) is 3. The summed E-state index contributed by atoms with van der Waals surface area (Å²) in [5.41, 5.74) is 22.8. The monoisotopic (exact) mass is 683 g/mol. The number of nitrogen functional groups attached to an aromatic ring is 1. The summed E-state index contributed by atoms with van der Waals surface area (Å²) >= 11 is 0. The molecule has 6 aromatic carbocycles. The summed E-state index contributed by atoms with van der Waals surface area (Å²) in [5.74, 6) is 0. The molecule has 3 heteroatoms. The minimum Gasteiger partial charge on any atom is -0.399 e. The second-order valence-electron chi connectivity index (χ2n) is 13.1. The highest BCUT2D eigenvalue weighted by molar-refractivity contribution is 5.85. The third kappa shape index (κ3) is 8.22. The molecule has 7 aromatic rings.